The molecule has 1 aliphatic rings. The molecule has 1 saturated heterocycles. The first-order valence-corrected chi connectivity index (χ1v) is 6.46. The van der Waals surface area contributed by atoms with Gasteiger partial charge in [-0.05, 0) is 12.1 Å². The zero-order valence-corrected chi connectivity index (χ0v) is 10.8. The van der Waals surface area contributed by atoms with Gasteiger partial charge in [-0.1, -0.05) is 6.92 Å². The molecule has 100 valence electrons. The van der Waals surface area contributed by atoms with Crippen LogP contribution in [0.5, 0.6) is 0 Å². The number of rotatable bonds is 5. The zero-order chi connectivity index (χ0) is 12.8. The van der Waals surface area contributed by atoms with Crippen LogP contribution in [0.3, 0.4) is 0 Å². The van der Waals surface area contributed by atoms with Crippen molar-refractivity contribution in [3.8, 4) is 0 Å². The molecule has 0 unspecified atom stereocenters. The van der Waals surface area contributed by atoms with Gasteiger partial charge in [-0.25, -0.2) is 0 Å². The Morgan fingerprint density at radius 3 is 2.83 bits per heavy atom. The van der Waals surface area contributed by atoms with Crippen molar-refractivity contribution in [2.75, 3.05) is 39.4 Å². The van der Waals surface area contributed by atoms with Crippen molar-refractivity contribution in [3.05, 3.63) is 23.7 Å². The summed E-state index contributed by atoms with van der Waals surface area (Å²) in [5.41, 5.74) is 0. The van der Waals surface area contributed by atoms with Gasteiger partial charge in [0.25, 0.3) is 5.91 Å². The fraction of sp³-hybridized carbons (Fsp3) is 0.615. The van der Waals surface area contributed by atoms with E-state index in [1.807, 2.05) is 13.0 Å². The van der Waals surface area contributed by atoms with E-state index in [9.17, 15) is 4.79 Å². The quantitative estimate of drug-likeness (QED) is 0.846. The van der Waals surface area contributed by atoms with Crippen molar-refractivity contribution < 1.29 is 13.9 Å². The predicted molar refractivity (Wildman–Crippen MR) is 67.7 cm³/mol. The second kappa shape index (κ2) is 6.56. The lowest BCUT2D eigenvalue weighted by Crippen LogP contribution is -2.41. The van der Waals surface area contributed by atoms with E-state index >= 15 is 0 Å². The van der Waals surface area contributed by atoms with Crippen LogP contribution in [0.15, 0.2) is 16.5 Å². The topological polar surface area (TPSA) is 54.7 Å². The fourth-order valence-corrected chi connectivity index (χ4v) is 1.93. The molecule has 2 rings (SSSR count). The van der Waals surface area contributed by atoms with Gasteiger partial charge in [-0.15, -0.1) is 0 Å². The fourth-order valence-electron chi connectivity index (χ4n) is 1.93. The van der Waals surface area contributed by atoms with E-state index in [0.29, 0.717) is 12.3 Å². The van der Waals surface area contributed by atoms with Crippen LogP contribution in [0.4, 0.5) is 0 Å². The molecule has 1 fully saturated rings. The number of ether oxygens (including phenoxy) is 1. The van der Waals surface area contributed by atoms with Gasteiger partial charge in [0.15, 0.2) is 5.76 Å². The molecule has 0 radical (unpaired) electrons. The van der Waals surface area contributed by atoms with Crippen molar-refractivity contribution in [1.82, 2.24) is 10.2 Å². The summed E-state index contributed by atoms with van der Waals surface area (Å²) in [7, 11) is 0. The first-order valence-electron chi connectivity index (χ1n) is 6.46. The van der Waals surface area contributed by atoms with Crippen LogP contribution in [-0.4, -0.2) is 50.2 Å². The summed E-state index contributed by atoms with van der Waals surface area (Å²) < 4.78 is 10.7. The van der Waals surface area contributed by atoms with E-state index in [1.165, 1.54) is 0 Å². The van der Waals surface area contributed by atoms with Crippen LogP contribution in [0.25, 0.3) is 0 Å². The van der Waals surface area contributed by atoms with E-state index in [-0.39, 0.29) is 5.91 Å². The van der Waals surface area contributed by atoms with E-state index < -0.39 is 0 Å². The minimum absolute atomic E-state index is 0.136. The lowest BCUT2D eigenvalue weighted by Gasteiger charge is -2.26. The molecule has 1 aromatic rings. The molecule has 0 aromatic carbocycles. The van der Waals surface area contributed by atoms with Crippen LogP contribution in [0.1, 0.15) is 23.2 Å². The van der Waals surface area contributed by atoms with E-state index in [1.54, 1.807) is 6.07 Å². The number of furan rings is 1. The van der Waals surface area contributed by atoms with Crippen LogP contribution in [-0.2, 0) is 11.2 Å². The van der Waals surface area contributed by atoms with Gasteiger partial charge in [0.05, 0.1) is 13.2 Å². The average Bonchev–Trinajstić information content (AvgIpc) is 2.89. The number of nitrogens with one attached hydrogen (secondary N) is 1. The summed E-state index contributed by atoms with van der Waals surface area (Å²) in [6, 6.07) is 3.57. The SMILES string of the molecule is CCc1ccc(C(=O)NCCN2CCOCC2)o1. The Kier molecular flexibility index (Phi) is 4.78. The number of aryl methyl sites for hydroxylation is 1. The molecule has 0 atom stereocenters. The van der Waals surface area contributed by atoms with Gasteiger partial charge in [-0.3, -0.25) is 9.69 Å². The molecule has 0 aliphatic carbocycles. The molecule has 1 amide bonds. The van der Waals surface area contributed by atoms with E-state index in [0.717, 1.165) is 45.0 Å². The molecule has 1 N–H and O–H groups in total. The van der Waals surface area contributed by atoms with Crippen LogP contribution in [0.2, 0.25) is 0 Å². The Balaban J connectivity index is 1.70. The highest BCUT2D eigenvalue weighted by atomic mass is 16.5. The van der Waals surface area contributed by atoms with Gasteiger partial charge < -0.3 is 14.5 Å². The lowest BCUT2D eigenvalue weighted by molar-refractivity contribution is 0.0382. The number of hydrogen-bond acceptors (Lipinski definition) is 4. The van der Waals surface area contributed by atoms with E-state index in [2.05, 4.69) is 10.2 Å². The molecule has 2 heterocycles. The second-order valence-electron chi connectivity index (χ2n) is 4.33. The highest BCUT2D eigenvalue weighted by molar-refractivity contribution is 5.91. The standard InChI is InChI=1S/C13H20N2O3/c1-2-11-3-4-12(18-11)13(16)14-5-6-15-7-9-17-10-8-15/h3-4H,2,5-10H2,1H3,(H,14,16). The molecule has 0 saturated carbocycles. The minimum atomic E-state index is -0.136. The molecule has 1 aliphatic heterocycles. The maximum atomic E-state index is 11.8. The molecule has 0 bridgehead atoms. The summed E-state index contributed by atoms with van der Waals surface area (Å²) in [5, 5.41) is 2.87. The van der Waals surface area contributed by atoms with Crippen molar-refractivity contribution in [3.63, 3.8) is 0 Å². The Bertz CT molecular complexity index is 383. The maximum Gasteiger partial charge on any atom is 0.287 e. The zero-order valence-electron chi connectivity index (χ0n) is 10.8. The number of nitrogens with zero attached hydrogens (tertiary/aromatic N) is 1. The highest BCUT2D eigenvalue weighted by Crippen LogP contribution is 2.07. The number of morpholine rings is 1. The Morgan fingerprint density at radius 2 is 2.17 bits per heavy atom. The van der Waals surface area contributed by atoms with Crippen molar-refractivity contribution >= 4 is 5.91 Å². The molecule has 5 heteroatoms. The highest BCUT2D eigenvalue weighted by Gasteiger charge is 2.12. The monoisotopic (exact) mass is 252 g/mol. The van der Waals surface area contributed by atoms with Gasteiger partial charge in [0, 0.05) is 32.6 Å². The summed E-state index contributed by atoms with van der Waals surface area (Å²) in [4.78, 5) is 14.0. The average molecular weight is 252 g/mol. The summed E-state index contributed by atoms with van der Waals surface area (Å²) in [5.74, 6) is 1.10. The lowest BCUT2D eigenvalue weighted by atomic mass is 10.3. The molecule has 5 nitrogen and oxygen atoms in total. The van der Waals surface area contributed by atoms with Gasteiger partial charge >= 0.3 is 0 Å². The Labute approximate surface area is 107 Å². The van der Waals surface area contributed by atoms with Crippen molar-refractivity contribution in [2.45, 2.75) is 13.3 Å². The summed E-state index contributed by atoms with van der Waals surface area (Å²) in [6.07, 6.45) is 0.807. The van der Waals surface area contributed by atoms with E-state index in [4.69, 9.17) is 9.15 Å². The molecule has 1 aromatic heterocycles. The summed E-state index contributed by atoms with van der Waals surface area (Å²) >= 11 is 0. The third-order valence-electron chi connectivity index (χ3n) is 3.05. The van der Waals surface area contributed by atoms with Crippen molar-refractivity contribution in [1.29, 1.82) is 0 Å². The number of hydrogen-bond donors (Lipinski definition) is 1. The summed E-state index contributed by atoms with van der Waals surface area (Å²) in [6.45, 7) is 6.95. The number of amides is 1. The largest absolute Gasteiger partial charge is 0.456 e. The molecule has 0 spiro atoms. The Morgan fingerprint density at radius 1 is 1.39 bits per heavy atom. The van der Waals surface area contributed by atoms with Gasteiger partial charge in [0.2, 0.25) is 0 Å². The van der Waals surface area contributed by atoms with Gasteiger partial charge in [-0.2, -0.15) is 0 Å². The maximum absolute atomic E-state index is 11.8. The molecule has 18 heavy (non-hydrogen) atoms. The first-order chi connectivity index (χ1) is 8.79. The third kappa shape index (κ3) is 3.58. The Hall–Kier alpha value is -1.33. The van der Waals surface area contributed by atoms with Crippen LogP contribution >= 0.6 is 0 Å². The minimum Gasteiger partial charge on any atom is -0.456 e. The predicted octanol–water partition coefficient (Wildman–Crippen LogP) is 0.904. The first kappa shape index (κ1) is 13.1. The van der Waals surface area contributed by atoms with Crippen LogP contribution < -0.4 is 5.32 Å². The molecular formula is C13H20N2O3. The second-order valence-corrected chi connectivity index (χ2v) is 4.33. The smallest absolute Gasteiger partial charge is 0.287 e. The third-order valence-corrected chi connectivity index (χ3v) is 3.05. The van der Waals surface area contributed by atoms with Crippen molar-refractivity contribution in [2.24, 2.45) is 0 Å². The van der Waals surface area contributed by atoms with Gasteiger partial charge in [0.1, 0.15) is 5.76 Å². The molecular weight excluding hydrogens is 232 g/mol. The number of carbonyl (C=O) groups is 1. The normalized spacial score (nSPS) is 16.7. The van der Waals surface area contributed by atoms with Crippen LogP contribution in [0, 0.1) is 0 Å². The number of carbonyl (C=O) groups excluding carboxylic acids is 1.